The number of hydrogen-bond acceptors (Lipinski definition) is 3. The lowest BCUT2D eigenvalue weighted by molar-refractivity contribution is -0.116. The fraction of sp³-hybridized carbons (Fsp3) is 0.364. The molecular formula is C11H15FN2O3S. The Hall–Kier alpha value is -1.47. The first-order chi connectivity index (χ1) is 8.28. The third-order valence-electron chi connectivity index (χ3n) is 2.19. The largest absolute Gasteiger partial charge is 0.326 e. The van der Waals surface area contributed by atoms with E-state index in [1.54, 1.807) is 13.0 Å². The summed E-state index contributed by atoms with van der Waals surface area (Å²) in [5.41, 5.74) is 1.13. The second kappa shape index (κ2) is 5.92. The third kappa shape index (κ3) is 5.24. The minimum atomic E-state index is -3.30. The molecule has 0 heterocycles. The predicted molar refractivity (Wildman–Crippen MR) is 67.2 cm³/mol. The molecule has 0 unspecified atom stereocenters. The van der Waals surface area contributed by atoms with E-state index in [1.165, 1.54) is 12.1 Å². The summed E-state index contributed by atoms with van der Waals surface area (Å²) in [5.74, 6) is -0.815. The van der Waals surface area contributed by atoms with Gasteiger partial charge in [0.25, 0.3) is 0 Å². The van der Waals surface area contributed by atoms with Crippen LogP contribution in [0.5, 0.6) is 0 Å². The molecular weight excluding hydrogens is 259 g/mol. The van der Waals surface area contributed by atoms with Gasteiger partial charge in [-0.05, 0) is 24.6 Å². The first-order valence-corrected chi connectivity index (χ1v) is 7.18. The quantitative estimate of drug-likeness (QED) is 0.841. The Morgan fingerprint density at radius 3 is 2.67 bits per heavy atom. The summed E-state index contributed by atoms with van der Waals surface area (Å²) in [4.78, 5) is 11.5. The fourth-order valence-corrected chi connectivity index (χ4v) is 1.76. The third-order valence-corrected chi connectivity index (χ3v) is 2.92. The minimum absolute atomic E-state index is 0.0109. The van der Waals surface area contributed by atoms with Crippen LogP contribution in [0, 0.1) is 12.7 Å². The van der Waals surface area contributed by atoms with E-state index < -0.39 is 15.8 Å². The maximum Gasteiger partial charge on any atom is 0.225 e. The number of nitrogens with one attached hydrogen (secondary N) is 2. The SMILES string of the molecule is Cc1ccc(F)cc1NC(=O)CCNS(C)(=O)=O. The molecule has 0 spiro atoms. The number of benzene rings is 1. The van der Waals surface area contributed by atoms with E-state index in [4.69, 9.17) is 0 Å². The van der Waals surface area contributed by atoms with E-state index >= 15 is 0 Å². The molecule has 0 aliphatic carbocycles. The molecule has 0 bridgehead atoms. The summed E-state index contributed by atoms with van der Waals surface area (Å²) in [7, 11) is -3.30. The predicted octanol–water partition coefficient (Wildman–Crippen LogP) is 1.01. The number of halogens is 1. The summed E-state index contributed by atoms with van der Waals surface area (Å²) < 4.78 is 36.7. The van der Waals surface area contributed by atoms with E-state index in [0.717, 1.165) is 11.8 Å². The van der Waals surface area contributed by atoms with E-state index in [-0.39, 0.29) is 18.9 Å². The normalized spacial score (nSPS) is 11.3. The highest BCUT2D eigenvalue weighted by atomic mass is 32.2. The van der Waals surface area contributed by atoms with Crippen molar-refractivity contribution in [3.8, 4) is 0 Å². The second-order valence-corrected chi connectivity index (χ2v) is 5.76. The van der Waals surface area contributed by atoms with Gasteiger partial charge in [-0.15, -0.1) is 0 Å². The molecule has 100 valence electrons. The van der Waals surface area contributed by atoms with E-state index in [0.29, 0.717) is 5.69 Å². The van der Waals surface area contributed by atoms with E-state index in [2.05, 4.69) is 10.0 Å². The number of carbonyl (C=O) groups excluding carboxylic acids is 1. The van der Waals surface area contributed by atoms with Gasteiger partial charge in [-0.3, -0.25) is 4.79 Å². The zero-order chi connectivity index (χ0) is 13.8. The van der Waals surface area contributed by atoms with Gasteiger partial charge in [0, 0.05) is 18.7 Å². The molecule has 1 aromatic rings. The van der Waals surface area contributed by atoms with Crippen LogP contribution in [0.3, 0.4) is 0 Å². The van der Waals surface area contributed by atoms with Crippen molar-refractivity contribution in [2.24, 2.45) is 0 Å². The Kier molecular flexibility index (Phi) is 4.80. The number of rotatable bonds is 5. The maximum atomic E-state index is 13.0. The molecule has 0 saturated heterocycles. The summed E-state index contributed by atoms with van der Waals surface area (Å²) in [6, 6.07) is 4.08. The topological polar surface area (TPSA) is 75.3 Å². The monoisotopic (exact) mass is 274 g/mol. The molecule has 1 amide bonds. The molecule has 1 rings (SSSR count). The highest BCUT2D eigenvalue weighted by molar-refractivity contribution is 7.88. The summed E-state index contributed by atoms with van der Waals surface area (Å²) in [6.45, 7) is 1.75. The van der Waals surface area contributed by atoms with Gasteiger partial charge in [0.1, 0.15) is 5.82 Å². The van der Waals surface area contributed by atoms with Gasteiger partial charge in [-0.25, -0.2) is 17.5 Å². The number of aryl methyl sites for hydroxylation is 1. The van der Waals surface area contributed by atoms with Gasteiger partial charge in [-0.2, -0.15) is 0 Å². The Morgan fingerprint density at radius 1 is 1.39 bits per heavy atom. The van der Waals surface area contributed by atoms with Crippen molar-refractivity contribution in [2.45, 2.75) is 13.3 Å². The van der Waals surface area contributed by atoms with Crippen LogP contribution in [0.15, 0.2) is 18.2 Å². The molecule has 0 aromatic heterocycles. The zero-order valence-corrected chi connectivity index (χ0v) is 11.0. The number of hydrogen-bond donors (Lipinski definition) is 2. The lowest BCUT2D eigenvalue weighted by atomic mass is 10.2. The zero-order valence-electron chi connectivity index (χ0n) is 10.2. The lowest BCUT2D eigenvalue weighted by Gasteiger charge is -2.08. The standard InChI is InChI=1S/C11H15FN2O3S/c1-8-3-4-9(12)7-10(8)14-11(15)5-6-13-18(2,16)17/h3-4,7,13H,5-6H2,1-2H3,(H,14,15). The molecule has 5 nitrogen and oxygen atoms in total. The average Bonchev–Trinajstić information content (AvgIpc) is 2.21. The minimum Gasteiger partial charge on any atom is -0.326 e. The Labute approximate surface area is 105 Å². The number of sulfonamides is 1. The average molecular weight is 274 g/mol. The van der Waals surface area contributed by atoms with Crippen molar-refractivity contribution in [1.82, 2.24) is 4.72 Å². The smallest absolute Gasteiger partial charge is 0.225 e. The summed E-state index contributed by atoms with van der Waals surface area (Å²) >= 11 is 0. The number of amides is 1. The molecule has 0 fully saturated rings. The molecule has 0 saturated carbocycles. The van der Waals surface area contributed by atoms with Gasteiger partial charge in [-0.1, -0.05) is 6.07 Å². The first kappa shape index (κ1) is 14.6. The van der Waals surface area contributed by atoms with Crippen molar-refractivity contribution < 1.29 is 17.6 Å². The van der Waals surface area contributed by atoms with Crippen LogP contribution in [-0.2, 0) is 14.8 Å². The molecule has 1 aromatic carbocycles. The van der Waals surface area contributed by atoms with Crippen LogP contribution in [0.4, 0.5) is 10.1 Å². The van der Waals surface area contributed by atoms with Crippen molar-refractivity contribution >= 4 is 21.6 Å². The second-order valence-electron chi connectivity index (χ2n) is 3.92. The van der Waals surface area contributed by atoms with Crippen molar-refractivity contribution in [1.29, 1.82) is 0 Å². The molecule has 2 N–H and O–H groups in total. The maximum absolute atomic E-state index is 13.0. The van der Waals surface area contributed by atoms with Gasteiger partial charge >= 0.3 is 0 Å². The summed E-state index contributed by atoms with van der Waals surface area (Å²) in [6.07, 6.45) is 1.00. The highest BCUT2D eigenvalue weighted by Gasteiger charge is 2.07. The van der Waals surface area contributed by atoms with Gasteiger partial charge in [0.05, 0.1) is 6.26 Å². The Morgan fingerprint density at radius 2 is 2.06 bits per heavy atom. The molecule has 0 atom stereocenters. The highest BCUT2D eigenvalue weighted by Crippen LogP contribution is 2.15. The van der Waals surface area contributed by atoms with E-state index in [9.17, 15) is 17.6 Å². The Bertz CT molecular complexity index is 543. The fourth-order valence-electron chi connectivity index (χ4n) is 1.29. The van der Waals surface area contributed by atoms with Crippen LogP contribution >= 0.6 is 0 Å². The Balaban J connectivity index is 2.52. The lowest BCUT2D eigenvalue weighted by Crippen LogP contribution is -2.26. The number of carbonyl (C=O) groups is 1. The van der Waals surface area contributed by atoms with Crippen LogP contribution < -0.4 is 10.0 Å². The van der Waals surface area contributed by atoms with Crippen molar-refractivity contribution in [3.05, 3.63) is 29.6 Å². The molecule has 0 aliphatic rings. The molecule has 18 heavy (non-hydrogen) atoms. The van der Waals surface area contributed by atoms with Crippen LogP contribution in [0.1, 0.15) is 12.0 Å². The van der Waals surface area contributed by atoms with E-state index in [1.807, 2.05) is 0 Å². The molecule has 7 heteroatoms. The molecule has 0 aliphatic heterocycles. The van der Waals surface area contributed by atoms with Crippen molar-refractivity contribution in [2.75, 3.05) is 18.1 Å². The van der Waals surface area contributed by atoms with Gasteiger partial charge in [0.15, 0.2) is 0 Å². The summed E-state index contributed by atoms with van der Waals surface area (Å²) in [5, 5.41) is 2.52. The number of anilines is 1. The van der Waals surface area contributed by atoms with Crippen LogP contribution in [0.2, 0.25) is 0 Å². The van der Waals surface area contributed by atoms with Gasteiger partial charge in [0.2, 0.25) is 15.9 Å². The van der Waals surface area contributed by atoms with Crippen LogP contribution in [-0.4, -0.2) is 27.1 Å². The van der Waals surface area contributed by atoms with Crippen LogP contribution in [0.25, 0.3) is 0 Å². The van der Waals surface area contributed by atoms with Crippen molar-refractivity contribution in [3.63, 3.8) is 0 Å². The first-order valence-electron chi connectivity index (χ1n) is 5.28. The molecule has 0 radical (unpaired) electrons. The van der Waals surface area contributed by atoms with Gasteiger partial charge < -0.3 is 5.32 Å².